The van der Waals surface area contributed by atoms with Crippen LogP contribution in [0.5, 0.6) is 0 Å². The lowest BCUT2D eigenvalue weighted by Gasteiger charge is -2.17. The van der Waals surface area contributed by atoms with Crippen molar-refractivity contribution in [1.82, 2.24) is 0 Å². The number of rotatable bonds is 2. The van der Waals surface area contributed by atoms with E-state index in [1.165, 1.54) is 25.7 Å². The summed E-state index contributed by atoms with van der Waals surface area (Å²) >= 11 is 0. The molecule has 2 aliphatic carbocycles. The summed E-state index contributed by atoms with van der Waals surface area (Å²) in [6, 6.07) is 0. The van der Waals surface area contributed by atoms with Gasteiger partial charge < -0.3 is 0 Å². The van der Waals surface area contributed by atoms with E-state index in [1.54, 1.807) is 0 Å². The van der Waals surface area contributed by atoms with E-state index >= 15 is 0 Å². The Kier molecular flexibility index (Phi) is 1.63. The van der Waals surface area contributed by atoms with Gasteiger partial charge >= 0.3 is 0 Å². The Bertz CT molecular complexity index is 200. The fourth-order valence-corrected chi connectivity index (χ4v) is 2.35. The molecule has 0 aromatic rings. The number of fused-ring (bicyclic) bond motifs is 2. The van der Waals surface area contributed by atoms with Crippen molar-refractivity contribution in [2.75, 3.05) is 0 Å². The van der Waals surface area contributed by atoms with Crippen molar-refractivity contribution >= 4 is 0 Å². The predicted molar refractivity (Wildman–Crippen MR) is 48.3 cm³/mol. The van der Waals surface area contributed by atoms with Gasteiger partial charge in [0.15, 0.2) is 0 Å². The lowest BCUT2D eigenvalue weighted by atomic mass is 9.87. The molecule has 0 heterocycles. The quantitative estimate of drug-likeness (QED) is 0.527. The second-order valence-corrected chi connectivity index (χ2v) is 3.91. The third-order valence-electron chi connectivity index (χ3n) is 3.01. The number of hydrogen-bond acceptors (Lipinski definition) is 0. The molecule has 0 heteroatoms. The first-order chi connectivity index (χ1) is 5.35. The van der Waals surface area contributed by atoms with Gasteiger partial charge in [-0.1, -0.05) is 31.2 Å². The van der Waals surface area contributed by atoms with E-state index in [0.29, 0.717) is 5.41 Å². The topological polar surface area (TPSA) is 0 Å². The Morgan fingerprint density at radius 1 is 1.64 bits per heavy atom. The fraction of sp³-hybridized carbons (Fsp3) is 0.636. The van der Waals surface area contributed by atoms with Crippen molar-refractivity contribution < 1.29 is 0 Å². The van der Waals surface area contributed by atoms with E-state index in [-0.39, 0.29) is 0 Å². The molecule has 0 radical (unpaired) electrons. The first-order valence-corrected chi connectivity index (χ1v) is 4.72. The molecule has 2 atom stereocenters. The summed E-state index contributed by atoms with van der Waals surface area (Å²) in [5.41, 5.74) is 0.501. The van der Waals surface area contributed by atoms with Crippen molar-refractivity contribution in [3.8, 4) is 0 Å². The molecule has 60 valence electrons. The molecular formula is C11H16. The van der Waals surface area contributed by atoms with Crippen LogP contribution in [0.2, 0.25) is 0 Å². The lowest BCUT2D eigenvalue weighted by Crippen LogP contribution is -2.06. The summed E-state index contributed by atoms with van der Waals surface area (Å²) < 4.78 is 0. The molecular weight excluding hydrogens is 132 g/mol. The van der Waals surface area contributed by atoms with Crippen molar-refractivity contribution in [2.24, 2.45) is 11.3 Å². The van der Waals surface area contributed by atoms with Gasteiger partial charge in [0, 0.05) is 5.41 Å². The normalized spacial score (nSPS) is 41.0. The Morgan fingerprint density at radius 3 is 3.00 bits per heavy atom. The van der Waals surface area contributed by atoms with E-state index in [9.17, 15) is 0 Å². The zero-order chi connectivity index (χ0) is 7.73. The van der Waals surface area contributed by atoms with E-state index in [4.69, 9.17) is 0 Å². The predicted octanol–water partition coefficient (Wildman–Crippen LogP) is 3.31. The highest BCUT2D eigenvalue weighted by Gasteiger charge is 2.38. The Balaban J connectivity index is 2.11. The minimum atomic E-state index is 0.501. The van der Waals surface area contributed by atoms with Crippen molar-refractivity contribution in [3.05, 3.63) is 24.3 Å². The Labute approximate surface area is 69.0 Å². The van der Waals surface area contributed by atoms with Crippen molar-refractivity contribution in [2.45, 2.75) is 32.6 Å². The van der Waals surface area contributed by atoms with Gasteiger partial charge in [-0.2, -0.15) is 0 Å². The maximum absolute atomic E-state index is 2.43. The molecule has 2 unspecified atom stereocenters. The maximum atomic E-state index is 2.43. The first kappa shape index (κ1) is 7.15. The van der Waals surface area contributed by atoms with Crippen LogP contribution in [0.15, 0.2) is 24.3 Å². The SMILES string of the molecule is CCC=CC12C=CC(CC1)C2. The Morgan fingerprint density at radius 2 is 2.55 bits per heavy atom. The average molecular weight is 148 g/mol. The van der Waals surface area contributed by atoms with Crippen LogP contribution in [0.25, 0.3) is 0 Å². The third kappa shape index (κ3) is 1.15. The van der Waals surface area contributed by atoms with Gasteiger partial charge in [0.2, 0.25) is 0 Å². The number of hydrogen-bond donors (Lipinski definition) is 0. The van der Waals surface area contributed by atoms with E-state index in [0.717, 1.165) is 5.92 Å². The zero-order valence-electron chi connectivity index (χ0n) is 7.22. The molecule has 0 N–H and O–H groups in total. The average Bonchev–Trinajstić information content (AvgIpc) is 2.60. The maximum Gasteiger partial charge on any atom is 0.00668 e. The third-order valence-corrected chi connectivity index (χ3v) is 3.01. The molecule has 0 saturated heterocycles. The molecule has 1 saturated carbocycles. The van der Waals surface area contributed by atoms with Crippen LogP contribution in [-0.2, 0) is 0 Å². The van der Waals surface area contributed by atoms with Gasteiger partial charge in [-0.15, -0.1) is 0 Å². The minimum Gasteiger partial charge on any atom is -0.0879 e. The van der Waals surface area contributed by atoms with E-state index < -0.39 is 0 Å². The van der Waals surface area contributed by atoms with E-state index in [1.807, 2.05) is 0 Å². The molecule has 0 nitrogen and oxygen atoms in total. The molecule has 0 aromatic carbocycles. The molecule has 11 heavy (non-hydrogen) atoms. The standard InChI is InChI=1S/C11H16/c1-2-3-6-11-7-4-10(9-11)5-8-11/h3-4,6-7,10H,2,5,8-9H2,1H3. The molecule has 0 aliphatic heterocycles. The summed E-state index contributed by atoms with van der Waals surface area (Å²) in [7, 11) is 0. The zero-order valence-corrected chi connectivity index (χ0v) is 7.22. The highest BCUT2D eigenvalue weighted by atomic mass is 14.4. The lowest BCUT2D eigenvalue weighted by molar-refractivity contribution is 0.522. The van der Waals surface area contributed by atoms with Crippen LogP contribution in [0, 0.1) is 11.3 Å². The molecule has 0 aromatic heterocycles. The molecule has 2 rings (SSSR count). The van der Waals surface area contributed by atoms with E-state index in [2.05, 4.69) is 31.2 Å². The van der Waals surface area contributed by atoms with Crippen LogP contribution in [0.3, 0.4) is 0 Å². The molecule has 2 aliphatic rings. The van der Waals surface area contributed by atoms with Crippen LogP contribution < -0.4 is 0 Å². The molecule has 2 bridgehead atoms. The van der Waals surface area contributed by atoms with Gasteiger partial charge in [0.05, 0.1) is 0 Å². The minimum absolute atomic E-state index is 0.501. The summed E-state index contributed by atoms with van der Waals surface area (Å²) in [5.74, 6) is 0.913. The summed E-state index contributed by atoms with van der Waals surface area (Å²) in [6.07, 6.45) is 15.0. The second-order valence-electron chi connectivity index (χ2n) is 3.91. The van der Waals surface area contributed by atoms with Gasteiger partial charge in [-0.05, 0) is 31.6 Å². The van der Waals surface area contributed by atoms with Gasteiger partial charge in [0.25, 0.3) is 0 Å². The molecule has 0 amide bonds. The second kappa shape index (κ2) is 2.51. The van der Waals surface area contributed by atoms with Crippen LogP contribution in [0.4, 0.5) is 0 Å². The van der Waals surface area contributed by atoms with Crippen LogP contribution >= 0.6 is 0 Å². The van der Waals surface area contributed by atoms with Crippen molar-refractivity contribution in [3.63, 3.8) is 0 Å². The summed E-state index contributed by atoms with van der Waals surface area (Å²) in [4.78, 5) is 0. The van der Waals surface area contributed by atoms with Gasteiger partial charge in [0.1, 0.15) is 0 Å². The highest BCUT2D eigenvalue weighted by Crippen LogP contribution is 2.49. The first-order valence-electron chi connectivity index (χ1n) is 4.72. The Hall–Kier alpha value is -0.520. The number of allylic oxidation sites excluding steroid dienone is 4. The van der Waals surface area contributed by atoms with Crippen LogP contribution in [0.1, 0.15) is 32.6 Å². The van der Waals surface area contributed by atoms with Gasteiger partial charge in [-0.3, -0.25) is 0 Å². The largest absolute Gasteiger partial charge is 0.0879 e. The molecule has 0 spiro atoms. The monoisotopic (exact) mass is 148 g/mol. The summed E-state index contributed by atoms with van der Waals surface area (Å²) in [5, 5.41) is 0. The van der Waals surface area contributed by atoms with Gasteiger partial charge in [-0.25, -0.2) is 0 Å². The highest BCUT2D eigenvalue weighted by molar-refractivity contribution is 5.22. The molecule has 1 fully saturated rings. The fourth-order valence-electron chi connectivity index (χ4n) is 2.35. The van der Waals surface area contributed by atoms with Crippen LogP contribution in [-0.4, -0.2) is 0 Å². The summed E-state index contributed by atoms with van der Waals surface area (Å²) in [6.45, 7) is 2.21. The van der Waals surface area contributed by atoms with Crippen molar-refractivity contribution in [1.29, 1.82) is 0 Å². The smallest absolute Gasteiger partial charge is 0.00668 e.